The maximum atomic E-state index is 14.0. The summed E-state index contributed by atoms with van der Waals surface area (Å²) >= 11 is 0. The van der Waals surface area contributed by atoms with E-state index in [0.29, 0.717) is 12.8 Å². The molecule has 0 radical (unpaired) electrons. The number of benzene rings is 2. The smallest absolute Gasteiger partial charge is 0.245 e. The number of sulfonamides is 1. The van der Waals surface area contributed by atoms with Gasteiger partial charge >= 0.3 is 0 Å². The van der Waals surface area contributed by atoms with Gasteiger partial charge in [0.15, 0.2) is 0 Å². The van der Waals surface area contributed by atoms with Crippen molar-refractivity contribution in [1.82, 2.24) is 4.31 Å². The van der Waals surface area contributed by atoms with Gasteiger partial charge in [-0.15, -0.1) is 0 Å². The summed E-state index contributed by atoms with van der Waals surface area (Å²) in [6, 6.07) is 13.2. The van der Waals surface area contributed by atoms with E-state index in [1.54, 1.807) is 0 Å². The Labute approximate surface area is 183 Å². The number of rotatable bonds is 5. The number of hydrogen-bond acceptors (Lipinski definition) is 4. The molecule has 2 aliphatic heterocycles. The second kappa shape index (κ2) is 9.36. The zero-order chi connectivity index (χ0) is 21.8. The number of hydrogen-bond donors (Lipinski definition) is 1. The van der Waals surface area contributed by atoms with Crippen molar-refractivity contribution in [3.63, 3.8) is 0 Å². The molecule has 2 fully saturated rings. The number of carbonyl (C=O) groups excluding carboxylic acids is 1. The van der Waals surface area contributed by atoms with Crippen LogP contribution in [0.1, 0.15) is 32.1 Å². The van der Waals surface area contributed by atoms with Gasteiger partial charge in [-0.25, -0.2) is 12.8 Å². The summed E-state index contributed by atoms with van der Waals surface area (Å²) in [5, 5.41) is 3.06. The van der Waals surface area contributed by atoms with Crippen LogP contribution in [0.3, 0.4) is 0 Å². The van der Waals surface area contributed by atoms with E-state index in [9.17, 15) is 17.6 Å². The largest absolute Gasteiger partial charge is 0.370 e. The van der Waals surface area contributed by atoms with Gasteiger partial charge in [-0.05, 0) is 56.4 Å². The molecule has 2 aromatic rings. The lowest BCUT2D eigenvalue weighted by atomic mass is 9.97. The number of nitrogens with one attached hydrogen (secondary N) is 1. The molecule has 0 spiro atoms. The van der Waals surface area contributed by atoms with E-state index in [4.69, 9.17) is 0 Å². The minimum atomic E-state index is -3.90. The molecule has 1 N–H and O–H groups in total. The van der Waals surface area contributed by atoms with Gasteiger partial charge in [0.2, 0.25) is 15.9 Å². The predicted molar refractivity (Wildman–Crippen MR) is 119 cm³/mol. The molecule has 0 aliphatic carbocycles. The maximum Gasteiger partial charge on any atom is 0.245 e. The normalized spacial score (nSPS) is 18.7. The van der Waals surface area contributed by atoms with E-state index in [1.165, 1.54) is 28.9 Å². The van der Waals surface area contributed by atoms with Crippen LogP contribution < -0.4 is 10.2 Å². The van der Waals surface area contributed by atoms with Crippen LogP contribution in [0.15, 0.2) is 53.4 Å². The monoisotopic (exact) mass is 445 g/mol. The highest BCUT2D eigenvalue weighted by Gasteiger charge is 2.33. The van der Waals surface area contributed by atoms with Crippen molar-refractivity contribution in [3.05, 3.63) is 54.3 Å². The summed E-state index contributed by atoms with van der Waals surface area (Å²) in [5.41, 5.74) is 1.84. The first-order valence-electron chi connectivity index (χ1n) is 10.9. The average molecular weight is 446 g/mol. The number of amides is 1. The molecule has 8 heteroatoms. The molecule has 0 aromatic heterocycles. The summed E-state index contributed by atoms with van der Waals surface area (Å²) < 4.78 is 40.8. The van der Waals surface area contributed by atoms with Crippen molar-refractivity contribution in [3.8, 4) is 0 Å². The van der Waals surface area contributed by atoms with Crippen LogP contribution in [0.5, 0.6) is 0 Å². The molecule has 2 aliphatic rings. The first kappa shape index (κ1) is 21.8. The van der Waals surface area contributed by atoms with Crippen LogP contribution in [-0.2, 0) is 14.8 Å². The lowest BCUT2D eigenvalue weighted by molar-refractivity contribution is -0.120. The first-order valence-corrected chi connectivity index (χ1v) is 12.3. The molecule has 2 saturated heterocycles. The van der Waals surface area contributed by atoms with E-state index in [-0.39, 0.29) is 29.8 Å². The van der Waals surface area contributed by atoms with Crippen LogP contribution in [0, 0.1) is 11.7 Å². The number of carbonyl (C=O) groups is 1. The predicted octanol–water partition coefficient (Wildman–Crippen LogP) is 3.86. The number of nitrogens with zero attached hydrogens (tertiary/aromatic N) is 2. The molecule has 166 valence electrons. The van der Waals surface area contributed by atoms with Crippen molar-refractivity contribution in [2.75, 3.05) is 36.4 Å². The van der Waals surface area contributed by atoms with Crippen LogP contribution in [0.2, 0.25) is 0 Å². The van der Waals surface area contributed by atoms with Gasteiger partial charge in [0.25, 0.3) is 0 Å². The molecule has 2 heterocycles. The average Bonchev–Trinajstić information content (AvgIpc) is 2.80. The Morgan fingerprint density at radius 3 is 2.26 bits per heavy atom. The summed E-state index contributed by atoms with van der Waals surface area (Å²) in [6.45, 7) is 2.36. The Balaban J connectivity index is 1.40. The summed E-state index contributed by atoms with van der Waals surface area (Å²) in [5.74, 6) is -1.12. The van der Waals surface area contributed by atoms with Gasteiger partial charge in [-0.1, -0.05) is 24.3 Å². The molecular formula is C23H28FN3O3S. The van der Waals surface area contributed by atoms with Gasteiger partial charge in [0.1, 0.15) is 10.7 Å². The third-order valence-corrected chi connectivity index (χ3v) is 8.07. The minimum absolute atomic E-state index is 0.0904. The summed E-state index contributed by atoms with van der Waals surface area (Å²) in [4.78, 5) is 14.9. The highest BCUT2D eigenvalue weighted by atomic mass is 32.2. The standard InChI is InChI=1S/C23H28FN3O3S/c24-19-8-2-5-11-22(19)31(29,30)27-16-12-18(13-17-27)23(28)25-20-9-3-4-10-21(20)26-14-6-1-7-15-26/h2-5,8-11,18H,1,6-7,12-17H2,(H,25,28). The summed E-state index contributed by atoms with van der Waals surface area (Å²) in [7, 11) is -3.90. The fourth-order valence-corrected chi connectivity index (χ4v) is 5.91. The minimum Gasteiger partial charge on any atom is -0.370 e. The third kappa shape index (κ3) is 4.75. The Kier molecular flexibility index (Phi) is 6.57. The quantitative estimate of drug-likeness (QED) is 0.759. The van der Waals surface area contributed by atoms with Crippen LogP contribution in [0.25, 0.3) is 0 Å². The Morgan fingerprint density at radius 2 is 1.55 bits per heavy atom. The SMILES string of the molecule is O=C(Nc1ccccc1N1CCCCC1)C1CCN(S(=O)(=O)c2ccccc2F)CC1. The molecule has 31 heavy (non-hydrogen) atoms. The topological polar surface area (TPSA) is 69.7 Å². The highest BCUT2D eigenvalue weighted by Crippen LogP contribution is 2.30. The number of halogens is 1. The van der Waals surface area contributed by atoms with Crippen molar-refractivity contribution >= 4 is 27.3 Å². The number of para-hydroxylation sites is 2. The van der Waals surface area contributed by atoms with Gasteiger partial charge < -0.3 is 10.2 Å². The van der Waals surface area contributed by atoms with Crippen LogP contribution >= 0.6 is 0 Å². The van der Waals surface area contributed by atoms with Crippen LogP contribution in [0.4, 0.5) is 15.8 Å². The molecule has 0 bridgehead atoms. The van der Waals surface area contributed by atoms with E-state index in [2.05, 4.69) is 10.2 Å². The first-order chi connectivity index (χ1) is 15.0. The molecule has 2 aromatic carbocycles. The van der Waals surface area contributed by atoms with Crippen molar-refractivity contribution in [2.24, 2.45) is 5.92 Å². The number of anilines is 2. The fourth-order valence-electron chi connectivity index (χ4n) is 4.38. The molecule has 0 unspecified atom stereocenters. The van der Waals surface area contributed by atoms with E-state index in [1.807, 2.05) is 24.3 Å². The highest BCUT2D eigenvalue weighted by molar-refractivity contribution is 7.89. The number of piperidine rings is 2. The molecule has 6 nitrogen and oxygen atoms in total. The van der Waals surface area contributed by atoms with Gasteiger partial charge in [-0.2, -0.15) is 4.31 Å². The van der Waals surface area contributed by atoms with Gasteiger partial charge in [0.05, 0.1) is 11.4 Å². The van der Waals surface area contributed by atoms with E-state index >= 15 is 0 Å². The van der Waals surface area contributed by atoms with Crippen molar-refractivity contribution in [2.45, 2.75) is 37.0 Å². The van der Waals surface area contributed by atoms with E-state index < -0.39 is 15.8 Å². The van der Waals surface area contributed by atoms with Crippen LogP contribution in [-0.4, -0.2) is 44.8 Å². The van der Waals surface area contributed by atoms with Gasteiger partial charge in [-0.3, -0.25) is 4.79 Å². The molecule has 0 saturated carbocycles. The lowest BCUT2D eigenvalue weighted by Crippen LogP contribution is -2.41. The Morgan fingerprint density at radius 1 is 0.903 bits per heavy atom. The second-order valence-electron chi connectivity index (χ2n) is 8.16. The Hall–Kier alpha value is -2.45. The Bertz CT molecular complexity index is 1030. The zero-order valence-corrected chi connectivity index (χ0v) is 18.3. The van der Waals surface area contributed by atoms with Gasteiger partial charge in [0, 0.05) is 32.1 Å². The molecule has 0 atom stereocenters. The molecule has 1 amide bonds. The fraction of sp³-hybridized carbons (Fsp3) is 0.435. The van der Waals surface area contributed by atoms with Crippen molar-refractivity contribution in [1.29, 1.82) is 0 Å². The molecular weight excluding hydrogens is 417 g/mol. The maximum absolute atomic E-state index is 14.0. The van der Waals surface area contributed by atoms with E-state index in [0.717, 1.165) is 43.4 Å². The molecule has 4 rings (SSSR count). The second-order valence-corrected chi connectivity index (χ2v) is 10.1. The lowest BCUT2D eigenvalue weighted by Gasteiger charge is -2.32. The van der Waals surface area contributed by atoms with Crippen molar-refractivity contribution < 1.29 is 17.6 Å². The summed E-state index contributed by atoms with van der Waals surface area (Å²) in [6.07, 6.45) is 4.35. The third-order valence-electron chi connectivity index (χ3n) is 6.14. The zero-order valence-electron chi connectivity index (χ0n) is 17.5.